The van der Waals surface area contributed by atoms with Crippen LogP contribution in [0.4, 0.5) is 0 Å². The van der Waals surface area contributed by atoms with E-state index in [4.69, 9.17) is 4.79 Å². The van der Waals surface area contributed by atoms with Crippen LogP contribution in [-0.2, 0) is 4.79 Å². The SMILES string of the molecule is C=O.Cc1[nH]c(=O)sc1C. The molecule has 3 nitrogen and oxygen atoms in total. The maximum absolute atomic E-state index is 10.5. The van der Waals surface area contributed by atoms with Crippen LogP contribution in [0.2, 0.25) is 0 Å². The van der Waals surface area contributed by atoms with E-state index in [1.807, 2.05) is 20.6 Å². The van der Waals surface area contributed by atoms with Gasteiger partial charge >= 0.3 is 4.87 Å². The number of aromatic amines is 1. The van der Waals surface area contributed by atoms with E-state index in [0.717, 1.165) is 10.6 Å². The average molecular weight is 159 g/mol. The van der Waals surface area contributed by atoms with E-state index in [-0.39, 0.29) is 4.87 Å². The van der Waals surface area contributed by atoms with Gasteiger partial charge in [-0.05, 0) is 13.8 Å². The molecule has 0 atom stereocenters. The monoisotopic (exact) mass is 159 g/mol. The fourth-order valence-electron chi connectivity index (χ4n) is 0.482. The van der Waals surface area contributed by atoms with Gasteiger partial charge < -0.3 is 9.78 Å². The fraction of sp³-hybridized carbons (Fsp3) is 0.333. The van der Waals surface area contributed by atoms with Gasteiger partial charge in [0, 0.05) is 10.6 Å². The summed E-state index contributed by atoms with van der Waals surface area (Å²) in [5.74, 6) is 0. The Morgan fingerprint density at radius 2 is 1.90 bits per heavy atom. The van der Waals surface area contributed by atoms with Crippen LogP contribution in [0.15, 0.2) is 4.79 Å². The molecule has 0 aliphatic heterocycles. The van der Waals surface area contributed by atoms with E-state index in [1.54, 1.807) is 0 Å². The minimum Gasteiger partial charge on any atom is -0.317 e. The Bertz CT molecular complexity index is 228. The molecule has 56 valence electrons. The number of carbonyl (C=O) groups excluding carboxylic acids is 1. The lowest BCUT2D eigenvalue weighted by Gasteiger charge is -1.78. The molecule has 0 unspecified atom stereocenters. The first-order chi connectivity index (χ1) is 4.70. The van der Waals surface area contributed by atoms with Crippen LogP contribution in [0.25, 0.3) is 0 Å². The molecular formula is C6H9NO2S. The summed E-state index contributed by atoms with van der Waals surface area (Å²) in [6.07, 6.45) is 0. The van der Waals surface area contributed by atoms with Gasteiger partial charge in [0.25, 0.3) is 0 Å². The second kappa shape index (κ2) is 4.00. The highest BCUT2D eigenvalue weighted by Crippen LogP contribution is 2.02. The van der Waals surface area contributed by atoms with E-state index >= 15 is 0 Å². The van der Waals surface area contributed by atoms with E-state index in [2.05, 4.69) is 4.98 Å². The van der Waals surface area contributed by atoms with Crippen molar-refractivity contribution >= 4 is 18.1 Å². The highest BCUT2D eigenvalue weighted by atomic mass is 32.1. The molecule has 0 aromatic carbocycles. The zero-order valence-corrected chi connectivity index (χ0v) is 6.75. The molecule has 0 aliphatic carbocycles. The van der Waals surface area contributed by atoms with Gasteiger partial charge in [-0.15, -0.1) is 0 Å². The lowest BCUT2D eigenvalue weighted by molar-refractivity contribution is -0.0979. The van der Waals surface area contributed by atoms with Crippen molar-refractivity contribution in [1.29, 1.82) is 0 Å². The Hall–Kier alpha value is -0.900. The number of thiazole rings is 1. The number of aryl methyl sites for hydroxylation is 2. The minimum atomic E-state index is 0.0417. The molecule has 10 heavy (non-hydrogen) atoms. The minimum absolute atomic E-state index is 0.0417. The van der Waals surface area contributed by atoms with Crippen LogP contribution >= 0.6 is 11.3 Å². The topological polar surface area (TPSA) is 49.9 Å². The first kappa shape index (κ1) is 9.10. The molecule has 0 saturated heterocycles. The van der Waals surface area contributed by atoms with Crippen LogP contribution in [0, 0.1) is 13.8 Å². The third-order valence-electron chi connectivity index (χ3n) is 1.06. The molecule has 1 heterocycles. The smallest absolute Gasteiger partial charge is 0.304 e. The first-order valence-electron chi connectivity index (χ1n) is 2.65. The number of carbonyl (C=O) groups is 1. The van der Waals surface area contributed by atoms with Crippen LogP contribution in [0.5, 0.6) is 0 Å². The van der Waals surface area contributed by atoms with Crippen LogP contribution in [0.3, 0.4) is 0 Å². The number of hydrogen-bond donors (Lipinski definition) is 1. The predicted octanol–water partition coefficient (Wildman–Crippen LogP) is 0.868. The standard InChI is InChI=1S/C5H7NOS.CH2O/c1-3-4(2)8-5(7)6-3;1-2/h1-2H3,(H,6,7);1H2. The lowest BCUT2D eigenvalue weighted by Crippen LogP contribution is -1.90. The van der Waals surface area contributed by atoms with Crippen molar-refractivity contribution in [2.45, 2.75) is 13.8 Å². The van der Waals surface area contributed by atoms with Gasteiger partial charge in [-0.2, -0.15) is 0 Å². The van der Waals surface area contributed by atoms with E-state index in [0.29, 0.717) is 0 Å². The van der Waals surface area contributed by atoms with Gasteiger partial charge in [0.15, 0.2) is 0 Å². The van der Waals surface area contributed by atoms with Crippen molar-refractivity contribution in [2.75, 3.05) is 0 Å². The van der Waals surface area contributed by atoms with Gasteiger partial charge in [0.2, 0.25) is 0 Å². The molecule has 1 N–H and O–H groups in total. The summed E-state index contributed by atoms with van der Waals surface area (Å²) in [5.41, 5.74) is 0.986. The molecule has 0 fully saturated rings. The Kier molecular flexibility index (Phi) is 3.64. The zero-order chi connectivity index (χ0) is 8.15. The summed E-state index contributed by atoms with van der Waals surface area (Å²) in [4.78, 5) is 22.3. The normalized spacial score (nSPS) is 8.20. The summed E-state index contributed by atoms with van der Waals surface area (Å²) >= 11 is 1.26. The summed E-state index contributed by atoms with van der Waals surface area (Å²) in [5, 5.41) is 0. The van der Waals surface area contributed by atoms with Crippen molar-refractivity contribution < 1.29 is 4.79 Å². The van der Waals surface area contributed by atoms with Gasteiger partial charge in [-0.25, -0.2) is 0 Å². The summed E-state index contributed by atoms with van der Waals surface area (Å²) in [7, 11) is 0. The van der Waals surface area contributed by atoms with E-state index < -0.39 is 0 Å². The molecule has 1 aromatic rings. The van der Waals surface area contributed by atoms with Gasteiger partial charge in [0.1, 0.15) is 6.79 Å². The summed E-state index contributed by atoms with van der Waals surface area (Å²) < 4.78 is 0. The number of H-pyrrole nitrogens is 1. The molecule has 0 bridgehead atoms. The number of aromatic nitrogens is 1. The largest absolute Gasteiger partial charge is 0.317 e. The Labute approximate surface area is 62.7 Å². The molecule has 0 spiro atoms. The Morgan fingerprint density at radius 1 is 1.40 bits per heavy atom. The highest BCUT2D eigenvalue weighted by molar-refractivity contribution is 7.09. The molecule has 1 aromatic heterocycles. The summed E-state index contributed by atoms with van der Waals surface area (Å²) in [6, 6.07) is 0. The predicted molar refractivity (Wildman–Crippen MR) is 41.5 cm³/mol. The van der Waals surface area contributed by atoms with Crippen molar-refractivity contribution in [2.24, 2.45) is 0 Å². The van der Waals surface area contributed by atoms with Crippen molar-refractivity contribution in [3.05, 3.63) is 20.2 Å². The van der Waals surface area contributed by atoms with Crippen molar-refractivity contribution in [1.82, 2.24) is 4.98 Å². The average Bonchev–Trinajstić information content (AvgIpc) is 2.16. The second-order valence-electron chi connectivity index (χ2n) is 1.70. The van der Waals surface area contributed by atoms with E-state index in [9.17, 15) is 4.79 Å². The third-order valence-corrected chi connectivity index (χ3v) is 1.96. The first-order valence-corrected chi connectivity index (χ1v) is 3.47. The molecule has 0 saturated carbocycles. The van der Waals surface area contributed by atoms with E-state index in [1.165, 1.54) is 11.3 Å². The Morgan fingerprint density at radius 3 is 2.00 bits per heavy atom. The highest BCUT2D eigenvalue weighted by Gasteiger charge is 1.93. The number of nitrogens with one attached hydrogen (secondary N) is 1. The number of hydrogen-bond acceptors (Lipinski definition) is 3. The van der Waals surface area contributed by atoms with Crippen molar-refractivity contribution in [3.63, 3.8) is 0 Å². The molecule has 0 radical (unpaired) electrons. The zero-order valence-electron chi connectivity index (χ0n) is 5.93. The molecule has 1 rings (SSSR count). The van der Waals surface area contributed by atoms with Gasteiger partial charge in [-0.1, -0.05) is 11.3 Å². The van der Waals surface area contributed by atoms with Crippen LogP contribution < -0.4 is 4.87 Å². The molecule has 0 aliphatic rings. The van der Waals surface area contributed by atoms with Crippen LogP contribution in [-0.4, -0.2) is 11.8 Å². The fourth-order valence-corrected chi connectivity index (χ4v) is 1.17. The molecule has 0 amide bonds. The quantitative estimate of drug-likeness (QED) is 0.610. The maximum atomic E-state index is 10.5. The Balaban J connectivity index is 0.000000371. The summed E-state index contributed by atoms with van der Waals surface area (Å²) in [6.45, 7) is 5.82. The van der Waals surface area contributed by atoms with Gasteiger partial charge in [-0.3, -0.25) is 4.79 Å². The maximum Gasteiger partial charge on any atom is 0.304 e. The number of rotatable bonds is 0. The molecule has 4 heteroatoms. The molecular weight excluding hydrogens is 150 g/mol. The van der Waals surface area contributed by atoms with Crippen LogP contribution in [0.1, 0.15) is 10.6 Å². The third kappa shape index (κ3) is 2.14. The lowest BCUT2D eigenvalue weighted by atomic mass is 10.4. The van der Waals surface area contributed by atoms with Gasteiger partial charge in [0.05, 0.1) is 0 Å². The second-order valence-corrected chi connectivity index (χ2v) is 2.88. The van der Waals surface area contributed by atoms with Crippen molar-refractivity contribution in [3.8, 4) is 0 Å².